The first kappa shape index (κ1) is 13.1. The molecule has 1 aromatic rings. The molecule has 18 heavy (non-hydrogen) atoms. The van der Waals surface area contributed by atoms with Gasteiger partial charge in [0, 0.05) is 0 Å². The first-order valence-electron chi connectivity index (χ1n) is 6.35. The number of hydroxylamine groups is 2. The Morgan fingerprint density at radius 3 is 2.67 bits per heavy atom. The van der Waals surface area contributed by atoms with Crippen LogP contribution in [0.3, 0.4) is 0 Å². The highest BCUT2D eigenvalue weighted by Gasteiger charge is 2.40. The largest absolute Gasteiger partial charge is 0.320 e. The molecule has 1 amide bonds. The summed E-state index contributed by atoms with van der Waals surface area (Å²) in [5.41, 5.74) is 6.84. The zero-order chi connectivity index (χ0) is 13.1. The van der Waals surface area contributed by atoms with Crippen LogP contribution >= 0.6 is 0 Å². The molecule has 2 N–H and O–H groups in total. The predicted octanol–water partition coefficient (Wildman–Crippen LogP) is 1.70. The maximum Gasteiger partial charge on any atom is 0.263 e. The predicted molar refractivity (Wildman–Crippen MR) is 69.3 cm³/mol. The summed E-state index contributed by atoms with van der Waals surface area (Å²) >= 11 is 0. The minimum Gasteiger partial charge on any atom is -0.320 e. The van der Waals surface area contributed by atoms with Crippen molar-refractivity contribution in [2.24, 2.45) is 11.7 Å². The Hall–Kier alpha value is -1.39. The third-order valence-corrected chi connectivity index (χ3v) is 3.31. The first-order chi connectivity index (χ1) is 8.59. The van der Waals surface area contributed by atoms with Gasteiger partial charge in [0.1, 0.15) is 6.61 Å². The summed E-state index contributed by atoms with van der Waals surface area (Å²) in [6.07, 6.45) is 0.672. The molecule has 1 saturated heterocycles. The van der Waals surface area contributed by atoms with Crippen molar-refractivity contribution < 1.29 is 9.63 Å². The van der Waals surface area contributed by atoms with E-state index in [-0.39, 0.29) is 11.9 Å². The SMILES string of the molecule is CC(C)[C@H]1C[C@H](N)C(=O)N1OCc1ccccc1. The summed E-state index contributed by atoms with van der Waals surface area (Å²) in [4.78, 5) is 17.6. The van der Waals surface area contributed by atoms with Crippen molar-refractivity contribution in [2.45, 2.75) is 39.0 Å². The van der Waals surface area contributed by atoms with E-state index in [1.165, 1.54) is 5.06 Å². The number of amides is 1. The molecule has 1 aliphatic heterocycles. The van der Waals surface area contributed by atoms with Crippen molar-refractivity contribution in [3.05, 3.63) is 35.9 Å². The van der Waals surface area contributed by atoms with Gasteiger partial charge in [-0.3, -0.25) is 9.63 Å². The summed E-state index contributed by atoms with van der Waals surface area (Å²) in [5.74, 6) is 0.239. The maximum absolute atomic E-state index is 11.9. The molecule has 1 fully saturated rings. The summed E-state index contributed by atoms with van der Waals surface area (Å²) in [6.45, 7) is 4.56. The quantitative estimate of drug-likeness (QED) is 0.882. The standard InChI is InChI=1S/C14H20N2O2/c1-10(2)13-8-12(15)14(17)16(13)18-9-11-6-4-3-5-7-11/h3-7,10,12-13H,8-9,15H2,1-2H3/t12-,13+/m0/s1. The molecule has 0 radical (unpaired) electrons. The zero-order valence-corrected chi connectivity index (χ0v) is 10.9. The number of nitrogens with two attached hydrogens (primary N) is 1. The fourth-order valence-electron chi connectivity index (χ4n) is 2.20. The number of benzene rings is 1. The molecule has 0 aromatic heterocycles. The van der Waals surface area contributed by atoms with Crippen molar-refractivity contribution in [1.29, 1.82) is 0 Å². The minimum atomic E-state index is -0.423. The Morgan fingerprint density at radius 2 is 2.06 bits per heavy atom. The van der Waals surface area contributed by atoms with Gasteiger partial charge in [-0.05, 0) is 17.9 Å². The normalized spacial score (nSPS) is 24.0. The smallest absolute Gasteiger partial charge is 0.263 e. The van der Waals surface area contributed by atoms with Crippen LogP contribution in [0.4, 0.5) is 0 Å². The van der Waals surface area contributed by atoms with Gasteiger partial charge in [0.25, 0.3) is 5.91 Å². The van der Waals surface area contributed by atoms with Gasteiger partial charge in [0.05, 0.1) is 12.1 Å². The Balaban J connectivity index is 2.00. The summed E-state index contributed by atoms with van der Waals surface area (Å²) in [5, 5.41) is 1.47. The molecular formula is C14H20N2O2. The van der Waals surface area contributed by atoms with Crippen molar-refractivity contribution in [1.82, 2.24) is 5.06 Å². The van der Waals surface area contributed by atoms with Gasteiger partial charge >= 0.3 is 0 Å². The third kappa shape index (κ3) is 2.71. The average molecular weight is 248 g/mol. The van der Waals surface area contributed by atoms with Crippen LogP contribution in [-0.2, 0) is 16.2 Å². The van der Waals surface area contributed by atoms with Gasteiger partial charge in [-0.25, -0.2) is 5.06 Å². The highest BCUT2D eigenvalue weighted by Crippen LogP contribution is 2.25. The van der Waals surface area contributed by atoms with E-state index in [9.17, 15) is 4.79 Å². The second-order valence-electron chi connectivity index (χ2n) is 5.08. The highest BCUT2D eigenvalue weighted by atomic mass is 16.7. The molecule has 1 aromatic carbocycles. The Bertz CT molecular complexity index is 406. The molecule has 4 heteroatoms. The maximum atomic E-state index is 11.9. The molecule has 2 rings (SSSR count). The number of nitrogens with zero attached hydrogens (tertiary/aromatic N) is 1. The summed E-state index contributed by atoms with van der Waals surface area (Å²) < 4.78 is 0. The lowest BCUT2D eigenvalue weighted by Gasteiger charge is -2.26. The minimum absolute atomic E-state index is 0.0798. The van der Waals surface area contributed by atoms with Gasteiger partial charge in [-0.15, -0.1) is 0 Å². The van der Waals surface area contributed by atoms with Gasteiger partial charge in [-0.1, -0.05) is 44.2 Å². The van der Waals surface area contributed by atoms with Crippen molar-refractivity contribution in [2.75, 3.05) is 0 Å². The first-order valence-corrected chi connectivity index (χ1v) is 6.35. The zero-order valence-electron chi connectivity index (χ0n) is 10.9. The van der Waals surface area contributed by atoms with Crippen LogP contribution in [0.15, 0.2) is 30.3 Å². The van der Waals surface area contributed by atoms with Gasteiger partial charge in [-0.2, -0.15) is 0 Å². The monoisotopic (exact) mass is 248 g/mol. The molecule has 2 atom stereocenters. The molecule has 0 saturated carbocycles. The van der Waals surface area contributed by atoms with E-state index in [2.05, 4.69) is 13.8 Å². The van der Waals surface area contributed by atoms with Crippen molar-refractivity contribution in [3.8, 4) is 0 Å². The van der Waals surface area contributed by atoms with Crippen molar-refractivity contribution in [3.63, 3.8) is 0 Å². The second-order valence-corrected chi connectivity index (χ2v) is 5.08. The number of hydrogen-bond acceptors (Lipinski definition) is 3. The van der Waals surface area contributed by atoms with Gasteiger partial charge in [0.15, 0.2) is 0 Å². The van der Waals surface area contributed by atoms with Gasteiger partial charge < -0.3 is 5.73 Å². The topological polar surface area (TPSA) is 55.6 Å². The highest BCUT2D eigenvalue weighted by molar-refractivity contribution is 5.83. The summed E-state index contributed by atoms with van der Waals surface area (Å²) in [6, 6.07) is 9.48. The summed E-state index contributed by atoms with van der Waals surface area (Å²) in [7, 11) is 0. The number of carbonyl (C=O) groups excluding carboxylic acids is 1. The molecule has 0 spiro atoms. The van der Waals surface area contributed by atoms with Crippen LogP contribution in [0.5, 0.6) is 0 Å². The molecule has 1 heterocycles. The number of rotatable bonds is 4. The molecule has 4 nitrogen and oxygen atoms in total. The lowest BCUT2D eigenvalue weighted by molar-refractivity contribution is -0.199. The molecule has 0 aliphatic carbocycles. The van der Waals surface area contributed by atoms with E-state index in [1.807, 2.05) is 30.3 Å². The lowest BCUT2D eigenvalue weighted by Crippen LogP contribution is -2.38. The van der Waals surface area contributed by atoms with Crippen LogP contribution in [0, 0.1) is 5.92 Å². The molecule has 98 valence electrons. The van der Waals surface area contributed by atoms with Crippen LogP contribution in [0.1, 0.15) is 25.8 Å². The molecule has 1 aliphatic rings. The Morgan fingerprint density at radius 1 is 1.39 bits per heavy atom. The van der Waals surface area contributed by atoms with Gasteiger partial charge in [0.2, 0.25) is 0 Å². The second kappa shape index (κ2) is 5.50. The van der Waals surface area contributed by atoms with Crippen LogP contribution in [0.25, 0.3) is 0 Å². The number of hydrogen-bond donors (Lipinski definition) is 1. The Kier molecular flexibility index (Phi) is 3.99. The number of carbonyl (C=O) groups is 1. The Labute approximate surface area is 108 Å². The fourth-order valence-corrected chi connectivity index (χ4v) is 2.20. The van der Waals surface area contributed by atoms with Crippen molar-refractivity contribution >= 4 is 5.91 Å². The van der Waals surface area contributed by atoms with E-state index >= 15 is 0 Å². The fraction of sp³-hybridized carbons (Fsp3) is 0.500. The van der Waals surface area contributed by atoms with E-state index < -0.39 is 6.04 Å². The van der Waals surface area contributed by atoms with E-state index in [0.29, 0.717) is 18.9 Å². The van der Waals surface area contributed by atoms with E-state index in [0.717, 1.165) is 5.56 Å². The van der Waals surface area contributed by atoms with E-state index in [4.69, 9.17) is 10.6 Å². The van der Waals surface area contributed by atoms with E-state index in [1.54, 1.807) is 0 Å². The molecule has 0 unspecified atom stereocenters. The molecule has 0 bridgehead atoms. The van der Waals surface area contributed by atoms with Crippen LogP contribution in [-0.4, -0.2) is 23.1 Å². The lowest BCUT2D eigenvalue weighted by atomic mass is 10.0. The van der Waals surface area contributed by atoms with Crippen LogP contribution < -0.4 is 5.73 Å². The van der Waals surface area contributed by atoms with Crippen LogP contribution in [0.2, 0.25) is 0 Å². The molecular weight excluding hydrogens is 228 g/mol. The average Bonchev–Trinajstić information content (AvgIpc) is 2.65. The third-order valence-electron chi connectivity index (χ3n) is 3.31.